The summed E-state index contributed by atoms with van der Waals surface area (Å²) in [5, 5.41) is 11.3. The second-order valence-electron chi connectivity index (χ2n) is 5.77. The molecule has 122 valence electrons. The number of nitriles is 1. The number of hydrogen-bond acceptors (Lipinski definition) is 7. The Balaban J connectivity index is 1.57. The molecule has 0 aromatic carbocycles. The summed E-state index contributed by atoms with van der Waals surface area (Å²) < 4.78 is 5.77. The van der Waals surface area contributed by atoms with E-state index in [4.69, 9.17) is 10.2 Å². The molecule has 1 aliphatic carbocycles. The average Bonchev–Trinajstić information content (AvgIpc) is 3.27. The van der Waals surface area contributed by atoms with Crippen LogP contribution in [0.2, 0.25) is 0 Å². The van der Waals surface area contributed by atoms with Gasteiger partial charge in [0.25, 0.3) is 0 Å². The summed E-state index contributed by atoms with van der Waals surface area (Å²) in [4.78, 5) is 30.3. The normalized spacial score (nSPS) is 18.5. The Morgan fingerprint density at radius 3 is 2.61 bits per heavy atom. The zero-order chi connectivity index (χ0) is 16.4. The number of anilines is 1. The summed E-state index contributed by atoms with van der Waals surface area (Å²) in [6.45, 7) is 2.61. The minimum atomic E-state index is -0.846. The maximum atomic E-state index is 11.5. The van der Waals surface area contributed by atoms with Crippen molar-refractivity contribution in [1.82, 2.24) is 15.2 Å². The average molecular weight is 318 g/mol. The zero-order valence-electron chi connectivity index (χ0n) is 12.6. The first kappa shape index (κ1) is 15.3. The minimum Gasteiger partial charge on any atom is -0.423 e. The van der Waals surface area contributed by atoms with Gasteiger partial charge in [-0.1, -0.05) is 0 Å². The van der Waals surface area contributed by atoms with Crippen LogP contribution in [0.1, 0.15) is 30.3 Å². The minimum absolute atomic E-state index is 0.117. The number of nitrogens with two attached hydrogens (primary N) is 1. The smallest absolute Gasteiger partial charge is 0.318 e. The van der Waals surface area contributed by atoms with E-state index in [1.165, 1.54) is 0 Å². The number of nitrogens with zero attached hydrogens (tertiary/aromatic N) is 4. The summed E-state index contributed by atoms with van der Waals surface area (Å²) in [6.07, 6.45) is 2.13. The molecule has 1 aromatic heterocycles. The van der Waals surface area contributed by atoms with Crippen molar-refractivity contribution < 1.29 is 14.0 Å². The topological polar surface area (TPSA) is 128 Å². The van der Waals surface area contributed by atoms with Crippen molar-refractivity contribution >= 4 is 17.8 Å². The number of rotatable bonds is 4. The van der Waals surface area contributed by atoms with E-state index in [0.717, 1.165) is 12.8 Å². The Morgan fingerprint density at radius 1 is 1.35 bits per heavy atom. The highest BCUT2D eigenvalue weighted by Crippen LogP contribution is 2.41. The largest absolute Gasteiger partial charge is 0.423 e. The standard InChI is InChI=1S/C14H18N6O3/c15-7-10-13(23-12(17-10)9-1-2-9)20-5-3-19(4-6-20)8-11(21)18-14(16)22/h9H,1-6,8H2,(H3,16,18,21,22). The third kappa shape index (κ3) is 3.60. The van der Waals surface area contributed by atoms with Gasteiger partial charge in [0.1, 0.15) is 6.07 Å². The van der Waals surface area contributed by atoms with Crippen LogP contribution in [-0.4, -0.2) is 54.5 Å². The van der Waals surface area contributed by atoms with Gasteiger partial charge in [0, 0.05) is 32.1 Å². The zero-order valence-corrected chi connectivity index (χ0v) is 12.6. The number of urea groups is 1. The van der Waals surface area contributed by atoms with Crippen molar-refractivity contribution in [2.75, 3.05) is 37.6 Å². The van der Waals surface area contributed by atoms with Crippen molar-refractivity contribution in [2.24, 2.45) is 5.73 Å². The van der Waals surface area contributed by atoms with Crippen molar-refractivity contribution in [2.45, 2.75) is 18.8 Å². The monoisotopic (exact) mass is 318 g/mol. The molecule has 0 bridgehead atoms. The fourth-order valence-corrected chi connectivity index (χ4v) is 2.61. The SMILES string of the molecule is N#Cc1nc(C2CC2)oc1N1CCN(CC(=O)NC(N)=O)CC1. The number of carbonyl (C=O) groups is 2. The molecule has 2 heterocycles. The van der Waals surface area contributed by atoms with Gasteiger partial charge in [0.05, 0.1) is 6.54 Å². The van der Waals surface area contributed by atoms with Crippen molar-refractivity contribution in [3.8, 4) is 6.07 Å². The number of nitrogens with one attached hydrogen (secondary N) is 1. The quantitative estimate of drug-likeness (QED) is 0.782. The van der Waals surface area contributed by atoms with Crippen LogP contribution in [-0.2, 0) is 4.79 Å². The lowest BCUT2D eigenvalue weighted by Gasteiger charge is -2.33. The molecule has 0 atom stereocenters. The number of amides is 3. The number of aromatic nitrogens is 1. The molecule has 2 fully saturated rings. The Bertz CT molecular complexity index is 652. The summed E-state index contributed by atoms with van der Waals surface area (Å²) in [7, 11) is 0. The second-order valence-corrected chi connectivity index (χ2v) is 5.77. The van der Waals surface area contributed by atoms with Crippen molar-refractivity contribution in [1.29, 1.82) is 5.26 Å². The Labute approximate surface area is 133 Å². The van der Waals surface area contributed by atoms with E-state index in [0.29, 0.717) is 49.6 Å². The molecule has 3 N–H and O–H groups in total. The molecule has 3 rings (SSSR count). The van der Waals surface area contributed by atoms with E-state index in [9.17, 15) is 14.9 Å². The molecule has 0 unspecified atom stereocenters. The van der Waals surface area contributed by atoms with Gasteiger partial charge in [-0.2, -0.15) is 5.26 Å². The summed E-state index contributed by atoms with van der Waals surface area (Å²) in [6, 6.07) is 1.24. The molecule has 1 saturated heterocycles. The Morgan fingerprint density at radius 2 is 2.04 bits per heavy atom. The maximum absolute atomic E-state index is 11.5. The van der Waals surface area contributed by atoms with Crippen LogP contribution >= 0.6 is 0 Å². The maximum Gasteiger partial charge on any atom is 0.318 e. The number of piperazine rings is 1. The fraction of sp³-hybridized carbons (Fsp3) is 0.571. The first-order chi connectivity index (χ1) is 11.1. The van der Waals surface area contributed by atoms with Gasteiger partial charge in [-0.05, 0) is 12.8 Å². The first-order valence-corrected chi connectivity index (χ1v) is 7.54. The number of imide groups is 1. The van der Waals surface area contributed by atoms with Gasteiger partial charge in [0.2, 0.25) is 23.4 Å². The van der Waals surface area contributed by atoms with Gasteiger partial charge < -0.3 is 15.1 Å². The van der Waals surface area contributed by atoms with Crippen molar-refractivity contribution in [3.63, 3.8) is 0 Å². The molecule has 0 radical (unpaired) electrons. The van der Waals surface area contributed by atoms with Crippen LogP contribution in [0.3, 0.4) is 0 Å². The van der Waals surface area contributed by atoms with Crippen LogP contribution in [0.15, 0.2) is 4.42 Å². The van der Waals surface area contributed by atoms with E-state index in [1.807, 2.05) is 15.1 Å². The second kappa shape index (κ2) is 6.26. The highest BCUT2D eigenvalue weighted by molar-refractivity contribution is 5.94. The lowest BCUT2D eigenvalue weighted by atomic mass is 10.3. The Hall–Kier alpha value is -2.60. The number of carbonyl (C=O) groups excluding carboxylic acids is 2. The Kier molecular flexibility index (Phi) is 4.16. The fourth-order valence-electron chi connectivity index (χ4n) is 2.61. The summed E-state index contributed by atoms with van der Waals surface area (Å²) >= 11 is 0. The van der Waals surface area contributed by atoms with Crippen LogP contribution < -0.4 is 16.0 Å². The van der Waals surface area contributed by atoms with Gasteiger partial charge >= 0.3 is 6.03 Å². The predicted molar refractivity (Wildman–Crippen MR) is 79.6 cm³/mol. The molecular formula is C14H18N6O3. The predicted octanol–water partition coefficient (Wildman–Crippen LogP) is -0.259. The molecule has 9 nitrogen and oxygen atoms in total. The van der Waals surface area contributed by atoms with E-state index < -0.39 is 11.9 Å². The molecule has 1 aliphatic heterocycles. The number of oxazole rings is 1. The van der Waals surface area contributed by atoms with E-state index in [2.05, 4.69) is 11.1 Å². The number of hydrogen-bond donors (Lipinski definition) is 2. The van der Waals surface area contributed by atoms with Gasteiger partial charge in [-0.15, -0.1) is 0 Å². The summed E-state index contributed by atoms with van der Waals surface area (Å²) in [5.41, 5.74) is 5.24. The highest BCUT2D eigenvalue weighted by Gasteiger charge is 2.32. The van der Waals surface area contributed by atoms with Gasteiger partial charge in [-0.25, -0.2) is 9.78 Å². The van der Waals surface area contributed by atoms with Crippen LogP contribution in [0.25, 0.3) is 0 Å². The lowest BCUT2D eigenvalue weighted by molar-refractivity contribution is -0.121. The lowest BCUT2D eigenvalue weighted by Crippen LogP contribution is -2.50. The molecule has 9 heteroatoms. The van der Waals surface area contributed by atoms with E-state index in [-0.39, 0.29) is 6.54 Å². The van der Waals surface area contributed by atoms with E-state index >= 15 is 0 Å². The first-order valence-electron chi connectivity index (χ1n) is 7.54. The third-order valence-electron chi connectivity index (χ3n) is 3.95. The molecule has 23 heavy (non-hydrogen) atoms. The van der Waals surface area contributed by atoms with Gasteiger partial charge in [-0.3, -0.25) is 15.0 Å². The summed E-state index contributed by atoms with van der Waals surface area (Å²) in [5.74, 6) is 1.12. The molecular weight excluding hydrogens is 300 g/mol. The van der Waals surface area contributed by atoms with E-state index in [1.54, 1.807) is 0 Å². The molecule has 3 amide bonds. The highest BCUT2D eigenvalue weighted by atomic mass is 16.4. The molecule has 2 aliphatic rings. The molecule has 1 saturated carbocycles. The van der Waals surface area contributed by atoms with Gasteiger partial charge in [0.15, 0.2) is 0 Å². The third-order valence-corrected chi connectivity index (χ3v) is 3.95. The molecule has 1 aromatic rings. The van der Waals surface area contributed by atoms with Crippen LogP contribution in [0.4, 0.5) is 10.7 Å². The van der Waals surface area contributed by atoms with Crippen LogP contribution in [0.5, 0.6) is 0 Å². The van der Waals surface area contributed by atoms with Crippen LogP contribution in [0, 0.1) is 11.3 Å². The number of primary amides is 1. The van der Waals surface area contributed by atoms with Crippen molar-refractivity contribution in [3.05, 3.63) is 11.6 Å². The molecule has 0 spiro atoms.